The Morgan fingerprint density at radius 2 is 2.12 bits per heavy atom. The zero-order valence-corrected chi connectivity index (χ0v) is 9.25. The van der Waals surface area contributed by atoms with Crippen LogP contribution in [0.1, 0.15) is 5.82 Å². The molecular formula is C12H10ClN3. The van der Waals surface area contributed by atoms with E-state index < -0.39 is 0 Å². The number of hydrogen-bond donors (Lipinski definition) is 2. The molecule has 2 aromatic heterocycles. The maximum absolute atomic E-state index is 5.72. The summed E-state index contributed by atoms with van der Waals surface area (Å²) in [6, 6.07) is 8.18. The zero-order chi connectivity index (χ0) is 11.0. The molecule has 0 spiro atoms. The number of nitrogens with zero attached hydrogens (tertiary/aromatic N) is 1. The van der Waals surface area contributed by atoms with Gasteiger partial charge in [-0.05, 0) is 6.07 Å². The van der Waals surface area contributed by atoms with Gasteiger partial charge in [0, 0.05) is 22.7 Å². The Balaban J connectivity index is 2.18. The largest absolute Gasteiger partial charge is 0.360 e. The fourth-order valence-corrected chi connectivity index (χ4v) is 2.00. The molecule has 0 radical (unpaired) electrons. The van der Waals surface area contributed by atoms with Gasteiger partial charge in [0.2, 0.25) is 0 Å². The molecule has 0 saturated heterocycles. The molecule has 3 rings (SSSR count). The Hall–Kier alpha value is -1.74. The van der Waals surface area contributed by atoms with Crippen molar-refractivity contribution in [3.05, 3.63) is 42.5 Å². The van der Waals surface area contributed by atoms with Gasteiger partial charge in [0.15, 0.2) is 0 Å². The summed E-state index contributed by atoms with van der Waals surface area (Å²) in [5.74, 6) is 1.20. The SMILES string of the molecule is ClCc1ncc(-c2c[nH]c3ccccc23)[nH]1. The molecule has 16 heavy (non-hydrogen) atoms. The normalized spacial score (nSPS) is 11.1. The second kappa shape index (κ2) is 3.68. The lowest BCUT2D eigenvalue weighted by Crippen LogP contribution is -1.79. The van der Waals surface area contributed by atoms with Crippen LogP contribution in [0, 0.1) is 0 Å². The number of benzene rings is 1. The van der Waals surface area contributed by atoms with Gasteiger partial charge in [-0.25, -0.2) is 4.98 Å². The van der Waals surface area contributed by atoms with E-state index in [4.69, 9.17) is 11.6 Å². The monoisotopic (exact) mass is 231 g/mol. The minimum Gasteiger partial charge on any atom is -0.360 e. The molecular weight excluding hydrogens is 222 g/mol. The molecule has 0 bridgehead atoms. The predicted octanol–water partition coefficient (Wildman–Crippen LogP) is 3.30. The van der Waals surface area contributed by atoms with Gasteiger partial charge in [0.1, 0.15) is 5.82 Å². The standard InChI is InChI=1S/C12H10ClN3/c13-5-12-15-7-11(16-12)9-6-14-10-4-2-1-3-8(9)10/h1-4,6-7,14H,5H2,(H,15,16). The lowest BCUT2D eigenvalue weighted by molar-refractivity contribution is 1.12. The van der Waals surface area contributed by atoms with Gasteiger partial charge in [-0.3, -0.25) is 0 Å². The number of para-hydroxylation sites is 1. The zero-order valence-electron chi connectivity index (χ0n) is 8.50. The average Bonchev–Trinajstić information content (AvgIpc) is 2.94. The first-order chi connectivity index (χ1) is 7.88. The van der Waals surface area contributed by atoms with Crippen LogP contribution in [0.4, 0.5) is 0 Å². The number of alkyl halides is 1. The van der Waals surface area contributed by atoms with Crippen molar-refractivity contribution < 1.29 is 0 Å². The number of hydrogen-bond acceptors (Lipinski definition) is 1. The van der Waals surface area contributed by atoms with Crippen molar-refractivity contribution in [3.63, 3.8) is 0 Å². The van der Waals surface area contributed by atoms with Crippen LogP contribution in [0.2, 0.25) is 0 Å². The third-order valence-corrected chi connectivity index (χ3v) is 2.89. The first kappa shape index (κ1) is 9.48. The Labute approximate surface area is 97.5 Å². The fourth-order valence-electron chi connectivity index (χ4n) is 1.86. The molecule has 3 nitrogen and oxygen atoms in total. The molecule has 0 unspecified atom stereocenters. The molecule has 3 aromatic rings. The summed E-state index contributed by atoms with van der Waals surface area (Å²) in [6.07, 6.45) is 3.80. The topological polar surface area (TPSA) is 44.5 Å². The number of fused-ring (bicyclic) bond motifs is 1. The minimum atomic E-state index is 0.405. The molecule has 0 atom stereocenters. The smallest absolute Gasteiger partial charge is 0.121 e. The fraction of sp³-hybridized carbons (Fsp3) is 0.0833. The quantitative estimate of drug-likeness (QED) is 0.653. The summed E-state index contributed by atoms with van der Waals surface area (Å²) in [5.41, 5.74) is 3.24. The maximum atomic E-state index is 5.72. The van der Waals surface area contributed by atoms with Gasteiger partial charge < -0.3 is 9.97 Å². The van der Waals surface area contributed by atoms with Crippen molar-refractivity contribution >= 4 is 22.5 Å². The summed E-state index contributed by atoms with van der Waals surface area (Å²) >= 11 is 5.72. The molecule has 0 saturated carbocycles. The molecule has 0 aliphatic carbocycles. The van der Waals surface area contributed by atoms with E-state index in [9.17, 15) is 0 Å². The second-order valence-electron chi connectivity index (χ2n) is 3.63. The average molecular weight is 232 g/mol. The van der Waals surface area contributed by atoms with Crippen LogP contribution in [0.15, 0.2) is 36.7 Å². The van der Waals surface area contributed by atoms with Crippen molar-refractivity contribution in [1.82, 2.24) is 15.0 Å². The van der Waals surface area contributed by atoms with E-state index in [0.29, 0.717) is 5.88 Å². The van der Waals surface area contributed by atoms with Crippen molar-refractivity contribution in [2.75, 3.05) is 0 Å². The molecule has 2 heterocycles. The first-order valence-electron chi connectivity index (χ1n) is 5.05. The van der Waals surface area contributed by atoms with Crippen molar-refractivity contribution in [2.24, 2.45) is 0 Å². The van der Waals surface area contributed by atoms with Crippen LogP contribution in [0.3, 0.4) is 0 Å². The van der Waals surface area contributed by atoms with Crippen molar-refractivity contribution in [1.29, 1.82) is 0 Å². The second-order valence-corrected chi connectivity index (χ2v) is 3.89. The van der Waals surface area contributed by atoms with Gasteiger partial charge >= 0.3 is 0 Å². The highest BCUT2D eigenvalue weighted by Gasteiger charge is 2.07. The Morgan fingerprint density at radius 1 is 1.25 bits per heavy atom. The van der Waals surface area contributed by atoms with Gasteiger partial charge in [-0.2, -0.15) is 0 Å². The summed E-state index contributed by atoms with van der Waals surface area (Å²) in [4.78, 5) is 10.6. The van der Waals surface area contributed by atoms with Gasteiger partial charge in [0.05, 0.1) is 17.8 Å². The predicted molar refractivity (Wildman–Crippen MR) is 65.4 cm³/mol. The van der Waals surface area contributed by atoms with Crippen LogP contribution in [0.25, 0.3) is 22.2 Å². The summed E-state index contributed by atoms with van der Waals surface area (Å²) in [7, 11) is 0. The molecule has 80 valence electrons. The summed E-state index contributed by atoms with van der Waals surface area (Å²) in [6.45, 7) is 0. The number of imidazole rings is 1. The molecule has 0 fully saturated rings. The van der Waals surface area contributed by atoms with E-state index in [1.54, 1.807) is 0 Å². The highest BCUT2D eigenvalue weighted by atomic mass is 35.5. The number of H-pyrrole nitrogens is 2. The van der Waals surface area contributed by atoms with E-state index in [0.717, 1.165) is 22.6 Å². The number of rotatable bonds is 2. The Kier molecular flexibility index (Phi) is 2.18. The number of aromatic amines is 2. The van der Waals surface area contributed by atoms with Gasteiger partial charge in [-0.1, -0.05) is 18.2 Å². The minimum absolute atomic E-state index is 0.405. The molecule has 1 aromatic carbocycles. The van der Waals surface area contributed by atoms with E-state index in [2.05, 4.69) is 27.1 Å². The summed E-state index contributed by atoms with van der Waals surface area (Å²) in [5, 5.41) is 1.19. The van der Waals surface area contributed by atoms with E-state index in [-0.39, 0.29) is 0 Å². The number of nitrogens with one attached hydrogen (secondary N) is 2. The molecule has 4 heteroatoms. The van der Waals surface area contributed by atoms with Crippen LogP contribution >= 0.6 is 11.6 Å². The highest BCUT2D eigenvalue weighted by molar-refractivity contribution is 6.16. The number of halogens is 1. The molecule has 0 aliphatic heterocycles. The van der Waals surface area contributed by atoms with Gasteiger partial charge in [0.25, 0.3) is 0 Å². The van der Waals surface area contributed by atoms with Crippen molar-refractivity contribution in [2.45, 2.75) is 5.88 Å². The van der Waals surface area contributed by atoms with Crippen LogP contribution < -0.4 is 0 Å². The third kappa shape index (κ3) is 1.41. The maximum Gasteiger partial charge on any atom is 0.121 e. The molecule has 0 amide bonds. The van der Waals surface area contributed by atoms with E-state index in [1.807, 2.05) is 24.5 Å². The van der Waals surface area contributed by atoms with Crippen LogP contribution in [0.5, 0.6) is 0 Å². The third-order valence-electron chi connectivity index (χ3n) is 2.63. The number of aromatic nitrogens is 3. The van der Waals surface area contributed by atoms with Gasteiger partial charge in [-0.15, -0.1) is 11.6 Å². The van der Waals surface area contributed by atoms with Crippen LogP contribution in [-0.2, 0) is 5.88 Å². The highest BCUT2D eigenvalue weighted by Crippen LogP contribution is 2.26. The van der Waals surface area contributed by atoms with E-state index in [1.165, 1.54) is 5.39 Å². The molecule has 2 N–H and O–H groups in total. The first-order valence-corrected chi connectivity index (χ1v) is 5.58. The van der Waals surface area contributed by atoms with E-state index >= 15 is 0 Å². The van der Waals surface area contributed by atoms with Crippen LogP contribution in [-0.4, -0.2) is 15.0 Å². The Bertz CT molecular complexity index is 624. The lowest BCUT2D eigenvalue weighted by Gasteiger charge is -1.94. The Morgan fingerprint density at radius 3 is 2.94 bits per heavy atom. The molecule has 0 aliphatic rings. The lowest BCUT2D eigenvalue weighted by atomic mass is 10.1. The summed E-state index contributed by atoms with van der Waals surface area (Å²) < 4.78 is 0. The van der Waals surface area contributed by atoms with Crippen molar-refractivity contribution in [3.8, 4) is 11.3 Å².